The predicted molar refractivity (Wildman–Crippen MR) is 443 cm³/mol. The standard InChI is InChI=1S/C38H52Cl3N5O7.C22H28N2O4.C21H34Cl3N3O6/c1-22(2)30(31(47)43-24(4)32(48)46-16-10-11-27(20-46)33(49)52-21-38(39,40)41)45-34(50)37(8,9)15-14-29-18-28-17-25(12-13-26(28)19-42-29)23(3)44-35(51)53-36(5,6)7;1-14(24-20(27)28-21(2,3)4)15-7-8-16-13-23-18(12-17(16)11-15)9-10-22(5,6)19(25)26;1-12(2)15(26-19(31)33-20(4,5)6)16(28)25-13(3)17(29)27-9-7-8-14(10-27)18(30)32-11-21(22,23)24/h12-15,17-19,22-24,27,30H,10-11,16,20-21H2,1-9H3,(H,43,47)(H,44,51)(H,45,50);7-14H,1-6H3,(H,24,27)(H,25,26);12-15H,7-11H2,1-6H3,(H,25,28)(H,26,31)/b15-14+;10-9+;/t23-,24+,27-,30+;14-;13-,14+,15-/m110/s1. The number of aromatic nitrogens is 2. The second kappa shape index (κ2) is 42.3. The number of rotatable bonds is 24. The second-order valence-electron chi connectivity index (χ2n) is 33.3. The number of esters is 2. The fourth-order valence-corrected chi connectivity index (χ4v) is 11.7. The van der Waals surface area contributed by atoms with Crippen LogP contribution >= 0.6 is 69.6 Å². The first-order valence-electron chi connectivity index (χ1n) is 37.7. The first kappa shape index (κ1) is 98.4. The number of nitrogens with zero attached hydrogens (tertiary/aromatic N) is 4. The van der Waals surface area contributed by atoms with E-state index in [0.29, 0.717) is 50.2 Å². The lowest BCUT2D eigenvalue weighted by molar-refractivity contribution is -0.153. The first-order valence-corrected chi connectivity index (χ1v) is 40.0. The highest BCUT2D eigenvalue weighted by Gasteiger charge is 2.39. The number of nitrogens with one attached hydrogen (secondary N) is 6. The van der Waals surface area contributed by atoms with Crippen molar-refractivity contribution >= 4 is 169 Å². The van der Waals surface area contributed by atoms with Crippen LogP contribution in [0.5, 0.6) is 0 Å². The molecule has 8 amide bonds. The minimum Gasteiger partial charge on any atom is -0.481 e. The van der Waals surface area contributed by atoms with E-state index in [9.17, 15) is 57.8 Å². The SMILES string of the molecule is CC(C)[C@H](NC(=O)C(C)(C)/C=C/c1cc2cc([C@@H](C)NC(=O)OC(C)(C)C)ccc2cn1)C(=O)N[C@@H](C)C(=O)N1CCC[C@@H](C(=O)OCC(Cl)(Cl)Cl)C1.CC(C)[C@H](NC(=O)OC(C)(C)C)C(=O)N[C@@H](C)C(=O)N1CCC[C@@H](C(=O)OCC(Cl)(Cl)Cl)C1.C[C@@H](NC(=O)OC(C)(C)C)c1ccc2cnc(/C=C/C(C)(C)C(=O)O)cc2c1. The van der Waals surface area contributed by atoms with Crippen molar-refractivity contribution in [2.75, 3.05) is 39.4 Å². The Morgan fingerprint density at radius 3 is 1.15 bits per heavy atom. The number of carboxylic acids is 1. The number of halogens is 6. The van der Waals surface area contributed by atoms with E-state index in [1.54, 1.807) is 147 Å². The lowest BCUT2D eigenvalue weighted by Crippen LogP contribution is -2.57. The van der Waals surface area contributed by atoms with Crippen LogP contribution in [-0.4, -0.2) is 179 Å². The molecule has 27 nitrogen and oxygen atoms in total. The van der Waals surface area contributed by atoms with Crippen LogP contribution in [0.15, 0.2) is 73.1 Å². The van der Waals surface area contributed by atoms with Gasteiger partial charge in [-0.3, -0.25) is 48.3 Å². The van der Waals surface area contributed by atoms with E-state index in [2.05, 4.69) is 41.9 Å². The molecule has 2 aliphatic rings. The Balaban J connectivity index is 0.000000385. The third kappa shape index (κ3) is 34.5. The van der Waals surface area contributed by atoms with Gasteiger partial charge in [-0.05, 0) is 214 Å². The number of alkyl halides is 6. The molecule has 4 aromatic rings. The fourth-order valence-electron chi connectivity index (χ4n) is 11.3. The summed E-state index contributed by atoms with van der Waals surface area (Å²) in [5.74, 6) is -5.78. The van der Waals surface area contributed by atoms with Crippen LogP contribution in [0.25, 0.3) is 33.7 Å². The van der Waals surface area contributed by atoms with Crippen molar-refractivity contribution in [1.29, 1.82) is 0 Å². The largest absolute Gasteiger partial charge is 0.481 e. The van der Waals surface area contributed by atoms with Gasteiger partial charge in [-0.25, -0.2) is 14.4 Å². The first-order chi connectivity index (χ1) is 52.3. The molecule has 0 saturated carbocycles. The van der Waals surface area contributed by atoms with Crippen molar-refractivity contribution in [2.45, 2.75) is 232 Å². The number of hydrogen-bond acceptors (Lipinski definition) is 18. The summed E-state index contributed by atoms with van der Waals surface area (Å²) >= 11 is 33.9. The summed E-state index contributed by atoms with van der Waals surface area (Å²) in [6, 6.07) is 11.4. The monoisotopic (exact) mass is 1710 g/mol. The minimum absolute atomic E-state index is 0.111. The van der Waals surface area contributed by atoms with Crippen molar-refractivity contribution in [2.24, 2.45) is 34.5 Å². The van der Waals surface area contributed by atoms with Gasteiger partial charge in [0.1, 0.15) is 54.2 Å². The normalized spacial score (nSPS) is 16.8. The maximum atomic E-state index is 13.5. The molecule has 6 rings (SSSR count). The molecule has 2 aromatic heterocycles. The number of ether oxygens (including phenoxy) is 5. The molecule has 114 heavy (non-hydrogen) atoms. The molecule has 0 spiro atoms. The summed E-state index contributed by atoms with van der Waals surface area (Å²) in [5.41, 5.74) is -0.764. The van der Waals surface area contributed by atoms with Crippen LogP contribution in [0.3, 0.4) is 0 Å². The Bertz CT molecular complexity index is 4110. The summed E-state index contributed by atoms with van der Waals surface area (Å²) in [5, 5.41) is 29.4. The maximum Gasteiger partial charge on any atom is 0.408 e. The Morgan fingerprint density at radius 2 is 0.816 bits per heavy atom. The summed E-state index contributed by atoms with van der Waals surface area (Å²) in [6.07, 6.45) is 10.8. The average Bonchev–Trinajstić information content (AvgIpc) is 0.879. The van der Waals surface area contributed by atoms with Gasteiger partial charge in [-0.1, -0.05) is 134 Å². The van der Waals surface area contributed by atoms with Gasteiger partial charge in [0.05, 0.1) is 46.1 Å². The van der Waals surface area contributed by atoms with Crippen molar-refractivity contribution in [3.05, 3.63) is 95.6 Å². The Kier molecular flexibility index (Phi) is 36.5. The Morgan fingerprint density at radius 1 is 0.474 bits per heavy atom. The van der Waals surface area contributed by atoms with Gasteiger partial charge in [0.15, 0.2) is 0 Å². The number of likely N-dealkylation sites (tertiary alicyclic amines) is 2. The summed E-state index contributed by atoms with van der Waals surface area (Å²) in [4.78, 5) is 150. The van der Waals surface area contributed by atoms with Crippen molar-refractivity contribution < 1.29 is 81.5 Å². The number of piperidine rings is 2. The van der Waals surface area contributed by atoms with Gasteiger partial charge in [0.2, 0.25) is 37.1 Å². The molecule has 0 aliphatic carbocycles. The zero-order valence-corrected chi connectivity index (χ0v) is 73.5. The average molecular weight is 1710 g/mol. The number of alkyl carbamates (subject to hydrolysis) is 3. The zero-order valence-electron chi connectivity index (χ0n) is 69.0. The van der Waals surface area contributed by atoms with E-state index >= 15 is 0 Å². The van der Waals surface area contributed by atoms with Crippen LogP contribution in [0, 0.1) is 34.5 Å². The molecule has 33 heteroatoms. The number of carbonyl (C=O) groups excluding carboxylic acids is 10. The highest BCUT2D eigenvalue weighted by atomic mass is 35.6. The van der Waals surface area contributed by atoms with Crippen LogP contribution in [-0.2, 0) is 62.0 Å². The number of fused-ring (bicyclic) bond motifs is 2. The third-order valence-corrected chi connectivity index (χ3v) is 18.3. The number of carbonyl (C=O) groups is 11. The molecule has 8 atom stereocenters. The Hall–Kier alpha value is -7.95. The van der Waals surface area contributed by atoms with Crippen molar-refractivity contribution in [1.82, 2.24) is 51.7 Å². The van der Waals surface area contributed by atoms with E-state index in [0.717, 1.165) is 32.7 Å². The molecule has 2 aliphatic heterocycles. The molecule has 0 unspecified atom stereocenters. The van der Waals surface area contributed by atoms with E-state index in [4.69, 9.17) is 93.3 Å². The molecule has 2 fully saturated rings. The molecule has 632 valence electrons. The smallest absolute Gasteiger partial charge is 0.408 e. The van der Waals surface area contributed by atoms with E-state index in [1.165, 1.54) is 9.80 Å². The molecular formula is C81H114Cl6N10O17. The molecule has 7 N–H and O–H groups in total. The second-order valence-corrected chi connectivity index (χ2v) is 38.3. The minimum atomic E-state index is -1.74. The van der Waals surface area contributed by atoms with Gasteiger partial charge in [0, 0.05) is 49.3 Å². The zero-order chi connectivity index (χ0) is 86.6. The number of benzene rings is 2. The highest BCUT2D eigenvalue weighted by molar-refractivity contribution is 6.68. The van der Waals surface area contributed by atoms with Gasteiger partial charge < -0.3 is 70.5 Å². The van der Waals surface area contributed by atoms with E-state index in [1.807, 2.05) is 83.1 Å². The van der Waals surface area contributed by atoms with Crippen LogP contribution in [0.1, 0.15) is 206 Å². The third-order valence-electron chi connectivity index (χ3n) is 17.7. The lowest BCUT2D eigenvalue weighted by atomic mass is 9.90. The maximum absolute atomic E-state index is 13.5. The number of aliphatic carboxylic acids is 1. The molecule has 0 bridgehead atoms. The number of amides is 8. The molecular weight excluding hydrogens is 1600 g/mol. The molecule has 2 saturated heterocycles. The molecule has 0 radical (unpaired) electrons. The highest BCUT2D eigenvalue weighted by Crippen LogP contribution is 2.31. The lowest BCUT2D eigenvalue weighted by Gasteiger charge is -2.34. The van der Waals surface area contributed by atoms with Crippen molar-refractivity contribution in [3.63, 3.8) is 0 Å². The van der Waals surface area contributed by atoms with Crippen LogP contribution < -0.4 is 31.9 Å². The van der Waals surface area contributed by atoms with Gasteiger partial charge in [0.25, 0.3) is 0 Å². The summed E-state index contributed by atoms with van der Waals surface area (Å²) in [6.45, 7) is 37.1. The number of pyridine rings is 2. The topological polar surface area (TPSA) is 359 Å². The number of hydrogen-bond donors (Lipinski definition) is 7. The van der Waals surface area contributed by atoms with Gasteiger partial charge in [-0.15, -0.1) is 0 Å². The molecule has 4 heterocycles. The Labute approximate surface area is 699 Å². The number of carboxylic acid groups (broad SMARTS) is 1. The van der Waals surface area contributed by atoms with Crippen LogP contribution in [0.2, 0.25) is 0 Å². The fraction of sp³-hybridized carbons (Fsp3) is 0.593. The quantitative estimate of drug-likeness (QED) is 0.0195. The van der Waals surface area contributed by atoms with Gasteiger partial charge in [-0.2, -0.15) is 0 Å². The van der Waals surface area contributed by atoms with E-state index < -0.39 is 126 Å². The predicted octanol–water partition coefficient (Wildman–Crippen LogP) is 14.8. The summed E-state index contributed by atoms with van der Waals surface area (Å²) in [7, 11) is 0. The van der Waals surface area contributed by atoms with E-state index in [-0.39, 0.29) is 61.3 Å². The molecule has 2 aromatic carbocycles. The van der Waals surface area contributed by atoms with Gasteiger partial charge >= 0.3 is 36.2 Å². The van der Waals surface area contributed by atoms with Crippen LogP contribution in [0.4, 0.5) is 14.4 Å². The summed E-state index contributed by atoms with van der Waals surface area (Å²) < 4.78 is 22.6. The van der Waals surface area contributed by atoms with Crippen molar-refractivity contribution in [3.8, 4) is 0 Å².